The number of nitrogens with one attached hydrogen (secondary N) is 1. The van der Waals surface area contributed by atoms with E-state index >= 15 is 0 Å². The van der Waals surface area contributed by atoms with Gasteiger partial charge in [-0.3, -0.25) is 4.90 Å². The molecular formula is C16H24N2O2S. The highest BCUT2D eigenvalue weighted by Crippen LogP contribution is 2.30. The molecule has 2 aliphatic rings. The van der Waals surface area contributed by atoms with E-state index in [1.54, 1.807) is 0 Å². The zero-order valence-corrected chi connectivity index (χ0v) is 13.6. The van der Waals surface area contributed by atoms with Crippen molar-refractivity contribution in [2.24, 2.45) is 0 Å². The Morgan fingerprint density at radius 3 is 2.62 bits per heavy atom. The molecule has 0 spiro atoms. The molecule has 2 heterocycles. The lowest BCUT2D eigenvalue weighted by atomic mass is 9.87. The molecule has 1 N–H and O–H groups in total. The van der Waals surface area contributed by atoms with E-state index in [1.807, 2.05) is 6.07 Å². The minimum Gasteiger partial charge on any atom is -0.305 e. The van der Waals surface area contributed by atoms with Crippen LogP contribution in [0.15, 0.2) is 30.3 Å². The van der Waals surface area contributed by atoms with Gasteiger partial charge in [0.05, 0.1) is 17.0 Å². The molecule has 2 fully saturated rings. The van der Waals surface area contributed by atoms with Crippen LogP contribution in [-0.4, -0.2) is 50.0 Å². The maximum atomic E-state index is 11.8. The van der Waals surface area contributed by atoms with Gasteiger partial charge in [0.25, 0.3) is 0 Å². The van der Waals surface area contributed by atoms with Crippen LogP contribution in [0.2, 0.25) is 0 Å². The van der Waals surface area contributed by atoms with Gasteiger partial charge in [-0.05, 0) is 25.8 Å². The zero-order chi connectivity index (χ0) is 15.1. The molecule has 1 aromatic rings. The minimum atomic E-state index is -2.83. The van der Waals surface area contributed by atoms with Crippen LogP contribution in [0.3, 0.4) is 0 Å². The van der Waals surface area contributed by atoms with Gasteiger partial charge in [-0.15, -0.1) is 0 Å². The number of rotatable bonds is 2. The van der Waals surface area contributed by atoms with Crippen molar-refractivity contribution in [3.63, 3.8) is 0 Å². The Bertz CT molecular complexity index is 602. The standard InChI is InChI=1S/C16H24N2O2S/c1-13-10-17-16(2,14-6-4-3-5-7-14)12-18(13)15-8-9-21(19,20)11-15/h3-7,13,15,17H,8-12H2,1-2H3. The van der Waals surface area contributed by atoms with Crippen LogP contribution in [-0.2, 0) is 15.4 Å². The van der Waals surface area contributed by atoms with Crippen LogP contribution >= 0.6 is 0 Å². The van der Waals surface area contributed by atoms with E-state index in [0.717, 1.165) is 19.5 Å². The molecule has 2 saturated heterocycles. The monoisotopic (exact) mass is 308 g/mol. The average molecular weight is 308 g/mol. The summed E-state index contributed by atoms with van der Waals surface area (Å²) in [6, 6.07) is 11.0. The van der Waals surface area contributed by atoms with Gasteiger partial charge in [-0.25, -0.2) is 8.42 Å². The van der Waals surface area contributed by atoms with E-state index in [2.05, 4.69) is 48.3 Å². The van der Waals surface area contributed by atoms with E-state index < -0.39 is 9.84 Å². The number of sulfone groups is 1. The van der Waals surface area contributed by atoms with Crippen molar-refractivity contribution in [3.05, 3.63) is 35.9 Å². The molecule has 0 radical (unpaired) electrons. The third kappa shape index (κ3) is 3.00. The van der Waals surface area contributed by atoms with Crippen LogP contribution in [0.4, 0.5) is 0 Å². The Morgan fingerprint density at radius 1 is 1.29 bits per heavy atom. The van der Waals surface area contributed by atoms with Gasteiger partial charge in [0.1, 0.15) is 0 Å². The second-order valence-corrected chi connectivity index (χ2v) is 8.89. The third-order valence-corrected chi connectivity index (χ3v) is 6.69. The lowest BCUT2D eigenvalue weighted by molar-refractivity contribution is 0.0631. The van der Waals surface area contributed by atoms with E-state index in [-0.39, 0.29) is 11.6 Å². The molecule has 1 aromatic carbocycles. The van der Waals surface area contributed by atoms with E-state index in [1.165, 1.54) is 5.56 Å². The summed E-state index contributed by atoms with van der Waals surface area (Å²) in [7, 11) is -2.83. The largest absolute Gasteiger partial charge is 0.305 e. The van der Waals surface area contributed by atoms with Gasteiger partial charge in [0.2, 0.25) is 0 Å². The number of hydrogen-bond donors (Lipinski definition) is 1. The summed E-state index contributed by atoms with van der Waals surface area (Å²) in [6.45, 7) is 6.15. The van der Waals surface area contributed by atoms with Gasteiger partial charge in [0, 0.05) is 25.2 Å². The molecule has 2 aliphatic heterocycles. The van der Waals surface area contributed by atoms with Gasteiger partial charge < -0.3 is 5.32 Å². The number of nitrogens with zero attached hydrogens (tertiary/aromatic N) is 1. The van der Waals surface area contributed by atoms with Crippen LogP contribution in [0.25, 0.3) is 0 Å². The molecule has 5 heteroatoms. The summed E-state index contributed by atoms with van der Waals surface area (Å²) in [6.07, 6.45) is 0.775. The summed E-state index contributed by atoms with van der Waals surface area (Å²) < 4.78 is 23.6. The van der Waals surface area contributed by atoms with Crippen LogP contribution in [0, 0.1) is 0 Å². The van der Waals surface area contributed by atoms with Gasteiger partial charge >= 0.3 is 0 Å². The Kier molecular flexibility index (Phi) is 3.84. The first-order valence-electron chi connectivity index (χ1n) is 7.66. The Balaban J connectivity index is 1.82. The summed E-state index contributed by atoms with van der Waals surface area (Å²) in [5.41, 5.74) is 1.16. The Morgan fingerprint density at radius 2 is 2.00 bits per heavy atom. The first-order valence-corrected chi connectivity index (χ1v) is 9.48. The number of piperazine rings is 1. The SMILES string of the molecule is CC1CNC(C)(c2ccccc2)CN1C1CCS(=O)(=O)C1. The summed E-state index contributed by atoms with van der Waals surface area (Å²) in [5, 5.41) is 3.64. The van der Waals surface area contributed by atoms with E-state index in [4.69, 9.17) is 0 Å². The highest BCUT2D eigenvalue weighted by Gasteiger charge is 2.41. The predicted molar refractivity (Wildman–Crippen MR) is 85.0 cm³/mol. The number of hydrogen-bond acceptors (Lipinski definition) is 4. The second-order valence-electron chi connectivity index (χ2n) is 6.66. The molecule has 0 saturated carbocycles. The molecule has 3 atom stereocenters. The first kappa shape index (κ1) is 15.0. The normalized spacial score (nSPS) is 36.7. The van der Waals surface area contributed by atoms with Crippen molar-refractivity contribution in [1.82, 2.24) is 10.2 Å². The van der Waals surface area contributed by atoms with Crippen LogP contribution in [0.5, 0.6) is 0 Å². The summed E-state index contributed by atoms with van der Waals surface area (Å²) in [5.74, 6) is 0.665. The second kappa shape index (κ2) is 5.38. The van der Waals surface area contributed by atoms with Gasteiger partial charge in [0.15, 0.2) is 9.84 Å². The zero-order valence-electron chi connectivity index (χ0n) is 12.7. The average Bonchev–Trinajstić information content (AvgIpc) is 2.83. The van der Waals surface area contributed by atoms with Crippen molar-refractivity contribution >= 4 is 9.84 Å². The maximum Gasteiger partial charge on any atom is 0.151 e. The van der Waals surface area contributed by atoms with Crippen molar-refractivity contribution in [2.75, 3.05) is 24.6 Å². The lowest BCUT2D eigenvalue weighted by Gasteiger charge is -2.47. The fourth-order valence-corrected chi connectivity index (χ4v) is 5.33. The molecule has 0 aliphatic carbocycles. The van der Waals surface area contributed by atoms with Crippen molar-refractivity contribution in [2.45, 2.75) is 37.9 Å². The summed E-state index contributed by atoms with van der Waals surface area (Å²) >= 11 is 0. The molecule has 0 bridgehead atoms. The fourth-order valence-electron chi connectivity index (χ4n) is 3.59. The van der Waals surface area contributed by atoms with Crippen LogP contribution < -0.4 is 5.32 Å². The van der Waals surface area contributed by atoms with Crippen molar-refractivity contribution < 1.29 is 8.42 Å². The molecule has 3 unspecified atom stereocenters. The van der Waals surface area contributed by atoms with E-state index in [0.29, 0.717) is 17.5 Å². The summed E-state index contributed by atoms with van der Waals surface area (Å²) in [4.78, 5) is 2.40. The predicted octanol–water partition coefficient (Wildman–Crippen LogP) is 1.38. The maximum absolute atomic E-state index is 11.8. The molecule has 4 nitrogen and oxygen atoms in total. The number of benzene rings is 1. The quantitative estimate of drug-likeness (QED) is 0.897. The molecule has 3 rings (SSSR count). The highest BCUT2D eigenvalue weighted by atomic mass is 32.2. The minimum absolute atomic E-state index is 0.111. The third-order valence-electron chi connectivity index (χ3n) is 4.94. The Hall–Kier alpha value is -0.910. The van der Waals surface area contributed by atoms with Gasteiger partial charge in [-0.2, -0.15) is 0 Å². The molecular weight excluding hydrogens is 284 g/mol. The van der Waals surface area contributed by atoms with Crippen molar-refractivity contribution in [1.29, 1.82) is 0 Å². The first-order chi connectivity index (χ1) is 9.90. The van der Waals surface area contributed by atoms with Crippen molar-refractivity contribution in [3.8, 4) is 0 Å². The molecule has 0 amide bonds. The van der Waals surface area contributed by atoms with Gasteiger partial charge in [-0.1, -0.05) is 30.3 Å². The lowest BCUT2D eigenvalue weighted by Crippen LogP contribution is -2.62. The molecule has 0 aromatic heterocycles. The highest BCUT2D eigenvalue weighted by molar-refractivity contribution is 7.91. The Labute approximate surface area is 127 Å². The van der Waals surface area contributed by atoms with Crippen LogP contribution in [0.1, 0.15) is 25.8 Å². The molecule has 116 valence electrons. The fraction of sp³-hybridized carbons (Fsp3) is 0.625. The smallest absolute Gasteiger partial charge is 0.151 e. The molecule has 21 heavy (non-hydrogen) atoms. The topological polar surface area (TPSA) is 49.4 Å². The van der Waals surface area contributed by atoms with E-state index in [9.17, 15) is 8.42 Å².